The SMILES string of the molecule is CCCN(CCC)C(=O)c1cc(C)cc(C(=O)N[C@@H](Cc2cc(F)cc(F)c2)[C@@H](O)[C@@H]2NCCN(Cc3cccc(F)c3)C2=O)c1. The van der Waals surface area contributed by atoms with Crippen molar-refractivity contribution in [3.63, 3.8) is 0 Å². The van der Waals surface area contributed by atoms with Gasteiger partial charge in [0.2, 0.25) is 5.91 Å². The van der Waals surface area contributed by atoms with Gasteiger partial charge in [-0.05, 0) is 85.3 Å². The molecule has 0 aromatic heterocycles. The lowest BCUT2D eigenvalue weighted by atomic mass is 9.93. The molecular weight excluding hydrogens is 597 g/mol. The normalized spacial score (nSPS) is 16.2. The summed E-state index contributed by atoms with van der Waals surface area (Å²) in [6.45, 7) is 7.59. The fraction of sp³-hybridized carbons (Fsp3) is 0.400. The van der Waals surface area contributed by atoms with E-state index >= 15 is 0 Å². The number of aliphatic hydroxyl groups is 1. The van der Waals surface area contributed by atoms with Crippen LogP contribution in [0.25, 0.3) is 0 Å². The molecule has 3 N–H and O–H groups in total. The van der Waals surface area contributed by atoms with E-state index < -0.39 is 47.5 Å². The summed E-state index contributed by atoms with van der Waals surface area (Å²) in [4.78, 5) is 43.8. The van der Waals surface area contributed by atoms with Crippen LogP contribution in [0.4, 0.5) is 13.2 Å². The summed E-state index contributed by atoms with van der Waals surface area (Å²) in [5.41, 5.74) is 1.91. The Morgan fingerprint density at radius 1 is 0.957 bits per heavy atom. The van der Waals surface area contributed by atoms with Crippen molar-refractivity contribution < 1.29 is 32.7 Å². The highest BCUT2D eigenvalue weighted by Gasteiger charge is 2.38. The Morgan fingerprint density at radius 2 is 1.61 bits per heavy atom. The third kappa shape index (κ3) is 8.95. The van der Waals surface area contributed by atoms with Crippen molar-refractivity contribution in [1.82, 2.24) is 20.4 Å². The van der Waals surface area contributed by atoms with E-state index in [1.54, 1.807) is 36.1 Å². The second-order valence-corrected chi connectivity index (χ2v) is 11.8. The van der Waals surface area contributed by atoms with Gasteiger partial charge < -0.3 is 25.5 Å². The van der Waals surface area contributed by atoms with E-state index in [0.717, 1.165) is 31.0 Å². The number of aryl methyl sites for hydroxylation is 1. The summed E-state index contributed by atoms with van der Waals surface area (Å²) >= 11 is 0. The fourth-order valence-electron chi connectivity index (χ4n) is 5.83. The zero-order valence-corrected chi connectivity index (χ0v) is 26.4. The summed E-state index contributed by atoms with van der Waals surface area (Å²) < 4.78 is 42.0. The molecule has 0 bridgehead atoms. The molecule has 46 heavy (non-hydrogen) atoms. The summed E-state index contributed by atoms with van der Waals surface area (Å²) in [6, 6.07) is 11.2. The van der Waals surface area contributed by atoms with Crippen molar-refractivity contribution in [2.24, 2.45) is 0 Å². The molecule has 8 nitrogen and oxygen atoms in total. The van der Waals surface area contributed by atoms with Crippen LogP contribution in [-0.2, 0) is 17.8 Å². The minimum atomic E-state index is -1.52. The van der Waals surface area contributed by atoms with Gasteiger partial charge in [-0.2, -0.15) is 0 Å². The van der Waals surface area contributed by atoms with Crippen LogP contribution < -0.4 is 10.6 Å². The summed E-state index contributed by atoms with van der Waals surface area (Å²) in [5, 5.41) is 17.3. The van der Waals surface area contributed by atoms with Gasteiger partial charge in [-0.25, -0.2) is 13.2 Å². The maximum absolute atomic E-state index is 14.1. The second kappa shape index (κ2) is 15.9. The van der Waals surface area contributed by atoms with Crippen LogP contribution >= 0.6 is 0 Å². The second-order valence-electron chi connectivity index (χ2n) is 11.8. The molecule has 0 saturated carbocycles. The highest BCUT2D eigenvalue weighted by atomic mass is 19.1. The lowest BCUT2D eigenvalue weighted by Crippen LogP contribution is -2.63. The van der Waals surface area contributed by atoms with Crippen molar-refractivity contribution >= 4 is 17.7 Å². The number of hydrogen-bond donors (Lipinski definition) is 3. The first-order valence-electron chi connectivity index (χ1n) is 15.6. The van der Waals surface area contributed by atoms with E-state index in [2.05, 4.69) is 10.6 Å². The smallest absolute Gasteiger partial charge is 0.253 e. The number of benzene rings is 3. The number of nitrogens with zero attached hydrogens (tertiary/aromatic N) is 2. The minimum absolute atomic E-state index is 0.112. The van der Waals surface area contributed by atoms with Crippen LogP contribution in [0, 0.1) is 24.4 Å². The Morgan fingerprint density at radius 3 is 2.26 bits per heavy atom. The molecule has 0 aliphatic carbocycles. The largest absolute Gasteiger partial charge is 0.389 e. The Hall–Kier alpha value is -4.22. The van der Waals surface area contributed by atoms with Gasteiger partial charge in [0.15, 0.2) is 0 Å². The van der Waals surface area contributed by atoms with Crippen LogP contribution in [0.3, 0.4) is 0 Å². The highest BCUT2D eigenvalue weighted by Crippen LogP contribution is 2.19. The molecule has 3 aromatic carbocycles. The molecule has 3 aromatic rings. The topological polar surface area (TPSA) is 102 Å². The Bertz CT molecular complexity index is 1530. The third-order valence-corrected chi connectivity index (χ3v) is 7.90. The van der Waals surface area contributed by atoms with Crippen LogP contribution in [0.5, 0.6) is 0 Å². The zero-order chi connectivity index (χ0) is 33.4. The summed E-state index contributed by atoms with van der Waals surface area (Å²) in [6.07, 6.45) is -0.166. The molecule has 1 aliphatic rings. The first-order chi connectivity index (χ1) is 22.0. The molecule has 3 atom stereocenters. The number of carbonyl (C=O) groups excluding carboxylic acids is 3. The molecule has 0 unspecified atom stereocenters. The van der Waals surface area contributed by atoms with Crippen molar-refractivity contribution in [3.8, 4) is 0 Å². The summed E-state index contributed by atoms with van der Waals surface area (Å²) in [7, 11) is 0. The van der Waals surface area contributed by atoms with E-state index in [1.165, 1.54) is 23.1 Å². The first-order valence-corrected chi connectivity index (χ1v) is 15.6. The zero-order valence-electron chi connectivity index (χ0n) is 26.4. The molecule has 1 aliphatic heterocycles. The van der Waals surface area contributed by atoms with Gasteiger partial charge in [-0.15, -0.1) is 0 Å². The maximum Gasteiger partial charge on any atom is 0.253 e. The van der Waals surface area contributed by atoms with E-state index in [0.29, 0.717) is 42.9 Å². The maximum atomic E-state index is 14.1. The minimum Gasteiger partial charge on any atom is -0.389 e. The van der Waals surface area contributed by atoms with Gasteiger partial charge in [0.25, 0.3) is 11.8 Å². The number of rotatable bonds is 13. The average molecular weight is 639 g/mol. The lowest BCUT2D eigenvalue weighted by molar-refractivity contribution is -0.140. The standard InChI is InChI=1S/C35H41F3N4O4/c1-4-10-41(11-5-2)34(45)26-14-22(3)13-25(19-26)33(44)40-30(18-24-16-28(37)20-29(38)17-24)32(43)31-35(46)42(12-9-39-31)21-23-7-6-8-27(36)15-23/h6-8,13-17,19-20,30-32,39,43H,4-5,9-12,18,21H2,1-3H3,(H,40,44)/t30-,31-,32+/m0/s1. The van der Waals surface area contributed by atoms with Gasteiger partial charge in [0, 0.05) is 49.9 Å². The fourth-order valence-corrected chi connectivity index (χ4v) is 5.83. The number of amides is 3. The molecule has 1 heterocycles. The van der Waals surface area contributed by atoms with Crippen molar-refractivity contribution in [2.45, 2.75) is 64.8 Å². The molecule has 11 heteroatoms. The number of carbonyl (C=O) groups is 3. The van der Waals surface area contributed by atoms with Gasteiger partial charge in [-0.3, -0.25) is 14.4 Å². The molecule has 0 radical (unpaired) electrons. The number of halogens is 3. The molecule has 246 valence electrons. The van der Waals surface area contributed by atoms with Crippen molar-refractivity contribution in [1.29, 1.82) is 0 Å². The number of nitrogens with one attached hydrogen (secondary N) is 2. The van der Waals surface area contributed by atoms with Crippen molar-refractivity contribution in [3.05, 3.63) is 106 Å². The molecular formula is C35H41F3N4O4. The van der Waals surface area contributed by atoms with Crippen LogP contribution in [0.2, 0.25) is 0 Å². The van der Waals surface area contributed by atoms with Crippen molar-refractivity contribution in [2.75, 3.05) is 26.2 Å². The van der Waals surface area contributed by atoms with Crippen LogP contribution in [0.15, 0.2) is 60.7 Å². The lowest BCUT2D eigenvalue weighted by Gasteiger charge is -2.38. The van der Waals surface area contributed by atoms with E-state index in [-0.39, 0.29) is 30.0 Å². The number of piperazine rings is 1. The average Bonchev–Trinajstić information content (AvgIpc) is 3.00. The Labute approximate surface area is 267 Å². The monoisotopic (exact) mass is 638 g/mol. The molecule has 4 rings (SSSR count). The van der Waals surface area contributed by atoms with Gasteiger partial charge in [0.05, 0.1) is 12.1 Å². The molecule has 0 spiro atoms. The first kappa shape index (κ1) is 34.6. The summed E-state index contributed by atoms with van der Waals surface area (Å²) in [5.74, 6) is -3.39. The third-order valence-electron chi connectivity index (χ3n) is 7.90. The van der Waals surface area contributed by atoms with E-state index in [1.807, 2.05) is 13.8 Å². The van der Waals surface area contributed by atoms with Crippen LogP contribution in [0.1, 0.15) is 64.1 Å². The number of aliphatic hydroxyl groups excluding tert-OH is 1. The molecule has 3 amide bonds. The van der Waals surface area contributed by atoms with E-state index in [9.17, 15) is 32.7 Å². The van der Waals surface area contributed by atoms with Crippen LogP contribution in [-0.4, -0.2) is 77.0 Å². The predicted molar refractivity (Wildman–Crippen MR) is 169 cm³/mol. The van der Waals surface area contributed by atoms with Gasteiger partial charge >= 0.3 is 0 Å². The Kier molecular flexibility index (Phi) is 11.9. The predicted octanol–water partition coefficient (Wildman–Crippen LogP) is 4.38. The van der Waals surface area contributed by atoms with E-state index in [4.69, 9.17) is 0 Å². The number of hydrogen-bond acceptors (Lipinski definition) is 5. The quantitative estimate of drug-likeness (QED) is 0.258. The molecule has 1 fully saturated rings. The Balaban J connectivity index is 1.61. The van der Waals surface area contributed by atoms with Gasteiger partial charge in [-0.1, -0.05) is 26.0 Å². The van der Waals surface area contributed by atoms with Gasteiger partial charge in [0.1, 0.15) is 23.5 Å². The molecule has 1 saturated heterocycles. The highest BCUT2D eigenvalue weighted by molar-refractivity contribution is 6.00.